The fraction of sp³-hybridized carbons (Fsp3) is 0.400. The lowest BCUT2D eigenvalue weighted by Crippen LogP contribution is -2.29. The van der Waals surface area contributed by atoms with E-state index in [9.17, 15) is 9.18 Å². The molecule has 15 heavy (non-hydrogen) atoms. The topological polar surface area (TPSA) is 59.2 Å². The maximum absolute atomic E-state index is 13.2. The molecule has 1 aromatic heterocycles. The highest BCUT2D eigenvalue weighted by atomic mass is 19.1. The third kappa shape index (κ3) is 2.99. The van der Waals surface area contributed by atoms with E-state index >= 15 is 0 Å². The van der Waals surface area contributed by atoms with Crippen LogP contribution in [0.5, 0.6) is 0 Å². The molecule has 1 amide bonds. The van der Waals surface area contributed by atoms with E-state index in [0.717, 1.165) is 6.20 Å². The van der Waals surface area contributed by atoms with Gasteiger partial charge in [0.2, 0.25) is 0 Å². The molecule has 0 aliphatic heterocycles. The van der Waals surface area contributed by atoms with Gasteiger partial charge in [-0.1, -0.05) is 0 Å². The minimum absolute atomic E-state index is 0.0459. The molecule has 1 heterocycles. The molecule has 5 heteroatoms. The Labute approximate surface area is 87.9 Å². The second-order valence-electron chi connectivity index (χ2n) is 3.22. The van der Waals surface area contributed by atoms with Crippen molar-refractivity contribution in [3.05, 3.63) is 29.8 Å². The number of hydrogen-bond acceptors (Lipinski definition) is 3. The number of nitrogens with two attached hydrogens (primary N) is 1. The molecule has 0 bridgehead atoms. The summed E-state index contributed by atoms with van der Waals surface area (Å²) in [5.41, 5.74) is 5.37. The van der Waals surface area contributed by atoms with Crippen LogP contribution in [0.1, 0.15) is 16.8 Å². The molecule has 82 valence electrons. The minimum atomic E-state index is -0.595. The van der Waals surface area contributed by atoms with E-state index < -0.39 is 5.82 Å². The molecule has 0 saturated carbocycles. The van der Waals surface area contributed by atoms with Gasteiger partial charge in [0.15, 0.2) is 5.82 Å². The Bertz CT molecular complexity index is 343. The largest absolute Gasteiger partial charge is 0.342 e. The number of carbonyl (C=O) groups excluding carboxylic acids is 1. The van der Waals surface area contributed by atoms with E-state index in [4.69, 9.17) is 5.73 Å². The number of nitrogens with zero attached hydrogens (tertiary/aromatic N) is 2. The average Bonchev–Trinajstić information content (AvgIpc) is 2.25. The fourth-order valence-electron chi connectivity index (χ4n) is 1.18. The summed E-state index contributed by atoms with van der Waals surface area (Å²) in [7, 11) is 1.62. The van der Waals surface area contributed by atoms with E-state index in [2.05, 4.69) is 4.98 Å². The molecule has 1 aromatic rings. The SMILES string of the molecule is CN(CCCN)C(=O)c1ccncc1F. The summed E-state index contributed by atoms with van der Waals surface area (Å²) in [6.45, 7) is 1.04. The maximum atomic E-state index is 13.2. The van der Waals surface area contributed by atoms with E-state index in [1.807, 2.05) is 0 Å². The summed E-state index contributed by atoms with van der Waals surface area (Å²) in [6.07, 6.45) is 3.13. The van der Waals surface area contributed by atoms with Crippen molar-refractivity contribution in [2.45, 2.75) is 6.42 Å². The third-order valence-electron chi connectivity index (χ3n) is 2.05. The molecule has 0 unspecified atom stereocenters. The van der Waals surface area contributed by atoms with Crippen molar-refractivity contribution in [2.75, 3.05) is 20.1 Å². The molecule has 1 rings (SSSR count). The lowest BCUT2D eigenvalue weighted by Gasteiger charge is -2.16. The molecular formula is C10H14FN3O. The zero-order valence-electron chi connectivity index (χ0n) is 8.61. The third-order valence-corrected chi connectivity index (χ3v) is 2.05. The predicted octanol–water partition coefficient (Wildman–Crippen LogP) is 0.641. The fourth-order valence-corrected chi connectivity index (χ4v) is 1.18. The van der Waals surface area contributed by atoms with Crippen molar-refractivity contribution in [2.24, 2.45) is 5.73 Å². The quantitative estimate of drug-likeness (QED) is 0.795. The summed E-state index contributed by atoms with van der Waals surface area (Å²) in [4.78, 5) is 16.7. The van der Waals surface area contributed by atoms with Crippen LogP contribution in [-0.4, -0.2) is 35.9 Å². The van der Waals surface area contributed by atoms with Crippen LogP contribution >= 0.6 is 0 Å². The number of carbonyl (C=O) groups is 1. The van der Waals surface area contributed by atoms with Gasteiger partial charge in [0.1, 0.15) is 0 Å². The Balaban J connectivity index is 2.72. The van der Waals surface area contributed by atoms with Gasteiger partial charge in [0, 0.05) is 19.8 Å². The molecule has 0 saturated heterocycles. The molecular weight excluding hydrogens is 197 g/mol. The molecule has 0 aliphatic rings. The van der Waals surface area contributed by atoms with Crippen LogP contribution in [0.25, 0.3) is 0 Å². The Morgan fingerprint density at radius 3 is 3.00 bits per heavy atom. The van der Waals surface area contributed by atoms with Gasteiger partial charge in [-0.15, -0.1) is 0 Å². The van der Waals surface area contributed by atoms with Gasteiger partial charge < -0.3 is 10.6 Å². The normalized spacial score (nSPS) is 10.1. The highest BCUT2D eigenvalue weighted by Crippen LogP contribution is 2.07. The van der Waals surface area contributed by atoms with Crippen molar-refractivity contribution in [3.63, 3.8) is 0 Å². The summed E-state index contributed by atoms with van der Waals surface area (Å²) in [5.74, 6) is -0.939. The Hall–Kier alpha value is -1.49. The zero-order chi connectivity index (χ0) is 11.3. The van der Waals surface area contributed by atoms with E-state index in [1.54, 1.807) is 7.05 Å². The first-order valence-electron chi connectivity index (χ1n) is 4.72. The standard InChI is InChI=1S/C10H14FN3O/c1-14(6-2-4-12)10(15)8-3-5-13-7-9(8)11/h3,5,7H,2,4,6,12H2,1H3. The smallest absolute Gasteiger partial charge is 0.256 e. The van der Waals surface area contributed by atoms with Crippen LogP contribution in [0, 0.1) is 5.82 Å². The monoisotopic (exact) mass is 211 g/mol. The minimum Gasteiger partial charge on any atom is -0.342 e. The molecule has 0 fully saturated rings. The van der Waals surface area contributed by atoms with Crippen molar-refractivity contribution in [1.29, 1.82) is 0 Å². The molecule has 4 nitrogen and oxygen atoms in total. The van der Waals surface area contributed by atoms with Crippen molar-refractivity contribution in [1.82, 2.24) is 9.88 Å². The maximum Gasteiger partial charge on any atom is 0.256 e. The number of halogens is 1. The molecule has 0 aliphatic carbocycles. The van der Waals surface area contributed by atoms with E-state index in [1.165, 1.54) is 17.2 Å². The summed E-state index contributed by atoms with van der Waals surface area (Å²) < 4.78 is 13.2. The molecule has 0 spiro atoms. The van der Waals surface area contributed by atoms with Gasteiger partial charge >= 0.3 is 0 Å². The Morgan fingerprint density at radius 1 is 1.67 bits per heavy atom. The van der Waals surface area contributed by atoms with Crippen LogP contribution < -0.4 is 5.73 Å². The van der Waals surface area contributed by atoms with Crippen LogP contribution in [0.15, 0.2) is 18.5 Å². The summed E-state index contributed by atoms with van der Waals surface area (Å²) in [6, 6.07) is 1.37. The van der Waals surface area contributed by atoms with E-state index in [-0.39, 0.29) is 11.5 Å². The van der Waals surface area contributed by atoms with Gasteiger partial charge in [0.05, 0.1) is 11.8 Å². The lowest BCUT2D eigenvalue weighted by atomic mass is 10.2. The highest BCUT2D eigenvalue weighted by Gasteiger charge is 2.14. The number of hydrogen-bond donors (Lipinski definition) is 1. The Morgan fingerprint density at radius 2 is 2.40 bits per heavy atom. The van der Waals surface area contributed by atoms with Gasteiger partial charge in [-0.3, -0.25) is 9.78 Å². The van der Waals surface area contributed by atoms with Gasteiger partial charge in [-0.05, 0) is 19.0 Å². The molecule has 0 atom stereocenters. The van der Waals surface area contributed by atoms with Crippen LogP contribution in [0.4, 0.5) is 4.39 Å². The predicted molar refractivity (Wildman–Crippen MR) is 54.8 cm³/mol. The first-order valence-corrected chi connectivity index (χ1v) is 4.72. The first-order chi connectivity index (χ1) is 7.16. The number of aromatic nitrogens is 1. The lowest BCUT2D eigenvalue weighted by molar-refractivity contribution is 0.0789. The van der Waals surface area contributed by atoms with Gasteiger partial charge in [-0.2, -0.15) is 0 Å². The highest BCUT2D eigenvalue weighted by molar-refractivity contribution is 5.94. The van der Waals surface area contributed by atoms with E-state index in [0.29, 0.717) is 19.5 Å². The van der Waals surface area contributed by atoms with Gasteiger partial charge in [-0.25, -0.2) is 4.39 Å². The number of amides is 1. The first kappa shape index (κ1) is 11.6. The van der Waals surface area contributed by atoms with Crippen LogP contribution in [-0.2, 0) is 0 Å². The molecule has 2 N–H and O–H groups in total. The number of pyridine rings is 1. The van der Waals surface area contributed by atoms with Crippen LogP contribution in [0.2, 0.25) is 0 Å². The van der Waals surface area contributed by atoms with Crippen molar-refractivity contribution >= 4 is 5.91 Å². The van der Waals surface area contributed by atoms with Gasteiger partial charge in [0.25, 0.3) is 5.91 Å². The second kappa shape index (κ2) is 5.41. The Kier molecular flexibility index (Phi) is 4.17. The molecule has 0 radical (unpaired) electrons. The van der Waals surface area contributed by atoms with Crippen molar-refractivity contribution in [3.8, 4) is 0 Å². The summed E-state index contributed by atoms with van der Waals surface area (Å²) in [5, 5.41) is 0. The average molecular weight is 211 g/mol. The number of rotatable bonds is 4. The molecule has 0 aromatic carbocycles. The second-order valence-corrected chi connectivity index (χ2v) is 3.22. The van der Waals surface area contributed by atoms with Crippen LogP contribution in [0.3, 0.4) is 0 Å². The van der Waals surface area contributed by atoms with Crippen molar-refractivity contribution < 1.29 is 9.18 Å². The summed E-state index contributed by atoms with van der Waals surface area (Å²) >= 11 is 0. The zero-order valence-corrected chi connectivity index (χ0v) is 8.61.